The van der Waals surface area contributed by atoms with Crippen LogP contribution in [0.15, 0.2) is 45.7 Å². The van der Waals surface area contributed by atoms with Crippen molar-refractivity contribution in [3.63, 3.8) is 0 Å². The van der Waals surface area contributed by atoms with Crippen molar-refractivity contribution in [1.82, 2.24) is 4.57 Å². The molecule has 0 amide bonds. The number of nitriles is 1. The van der Waals surface area contributed by atoms with Gasteiger partial charge in [-0.2, -0.15) is 5.26 Å². The van der Waals surface area contributed by atoms with Gasteiger partial charge in [-0.1, -0.05) is 22.0 Å². The molecule has 0 N–H and O–H groups in total. The van der Waals surface area contributed by atoms with Crippen LogP contribution < -0.4 is 10.3 Å². The van der Waals surface area contributed by atoms with Gasteiger partial charge in [-0.3, -0.25) is 4.79 Å². The number of ether oxygens (including phenoxy) is 1. The minimum absolute atomic E-state index is 0.151. The maximum absolute atomic E-state index is 12.0. The highest BCUT2D eigenvalue weighted by Crippen LogP contribution is 2.17. The van der Waals surface area contributed by atoms with E-state index in [-0.39, 0.29) is 11.1 Å². The highest BCUT2D eigenvalue weighted by atomic mass is 79.9. The minimum Gasteiger partial charge on any atom is -0.492 e. The fourth-order valence-corrected chi connectivity index (χ4v) is 2.22. The Balaban J connectivity index is 2.09. The van der Waals surface area contributed by atoms with Gasteiger partial charge in [0.15, 0.2) is 0 Å². The Kier molecular flexibility index (Phi) is 4.59. The molecule has 0 saturated heterocycles. The molecule has 20 heavy (non-hydrogen) atoms. The van der Waals surface area contributed by atoms with E-state index in [1.54, 1.807) is 16.7 Å². The average Bonchev–Trinajstić information content (AvgIpc) is 2.43. The number of aromatic nitrogens is 1. The quantitative estimate of drug-likeness (QED) is 0.865. The van der Waals surface area contributed by atoms with Crippen LogP contribution in [0.2, 0.25) is 0 Å². The molecule has 5 heteroatoms. The molecule has 0 fully saturated rings. The molecule has 0 spiro atoms. The van der Waals surface area contributed by atoms with Crippen LogP contribution >= 0.6 is 15.9 Å². The summed E-state index contributed by atoms with van der Waals surface area (Å²) in [5.74, 6) is 0.738. The van der Waals surface area contributed by atoms with Gasteiger partial charge < -0.3 is 9.30 Å². The Labute approximate surface area is 125 Å². The molecular weight excluding hydrogens is 320 g/mol. The van der Waals surface area contributed by atoms with Gasteiger partial charge in [-0.05, 0) is 37.3 Å². The predicted molar refractivity (Wildman–Crippen MR) is 79.8 cm³/mol. The number of aryl methyl sites for hydroxylation is 1. The van der Waals surface area contributed by atoms with Gasteiger partial charge in [0.25, 0.3) is 5.56 Å². The molecule has 0 saturated carbocycles. The van der Waals surface area contributed by atoms with E-state index in [1.165, 1.54) is 0 Å². The molecule has 0 bridgehead atoms. The monoisotopic (exact) mass is 332 g/mol. The number of hydrogen-bond donors (Lipinski definition) is 0. The number of pyridine rings is 1. The molecule has 102 valence electrons. The van der Waals surface area contributed by atoms with Crippen LogP contribution in [-0.2, 0) is 6.54 Å². The van der Waals surface area contributed by atoms with Crippen LogP contribution in [0.4, 0.5) is 0 Å². The zero-order chi connectivity index (χ0) is 14.5. The maximum Gasteiger partial charge on any atom is 0.268 e. The second-order valence-electron chi connectivity index (χ2n) is 4.26. The first-order valence-corrected chi connectivity index (χ1v) is 6.90. The van der Waals surface area contributed by atoms with Gasteiger partial charge in [0.1, 0.15) is 24.0 Å². The maximum atomic E-state index is 12.0. The Bertz CT molecular complexity index is 717. The van der Waals surface area contributed by atoms with E-state index >= 15 is 0 Å². The Morgan fingerprint density at radius 2 is 2.15 bits per heavy atom. The summed E-state index contributed by atoms with van der Waals surface area (Å²) in [6, 6.07) is 12.7. The summed E-state index contributed by atoms with van der Waals surface area (Å²) in [7, 11) is 0. The average molecular weight is 333 g/mol. The Morgan fingerprint density at radius 1 is 1.35 bits per heavy atom. The zero-order valence-electron chi connectivity index (χ0n) is 11.0. The van der Waals surface area contributed by atoms with E-state index in [0.717, 1.165) is 15.9 Å². The van der Waals surface area contributed by atoms with Crippen molar-refractivity contribution in [2.24, 2.45) is 0 Å². The van der Waals surface area contributed by atoms with E-state index in [9.17, 15) is 4.79 Å². The summed E-state index contributed by atoms with van der Waals surface area (Å²) in [4.78, 5) is 12.0. The fourth-order valence-electron chi connectivity index (χ4n) is 1.85. The highest BCUT2D eigenvalue weighted by molar-refractivity contribution is 9.10. The van der Waals surface area contributed by atoms with Crippen LogP contribution in [0.5, 0.6) is 5.75 Å². The predicted octanol–water partition coefficient (Wildman–Crippen LogP) is 2.87. The van der Waals surface area contributed by atoms with Crippen molar-refractivity contribution >= 4 is 15.9 Å². The molecule has 0 aliphatic rings. The van der Waals surface area contributed by atoms with Crippen LogP contribution in [-0.4, -0.2) is 11.2 Å². The molecular formula is C15H13BrN2O2. The molecule has 2 aromatic rings. The van der Waals surface area contributed by atoms with E-state index in [2.05, 4.69) is 15.9 Å². The molecule has 1 aromatic carbocycles. The fraction of sp³-hybridized carbons (Fsp3) is 0.200. The van der Waals surface area contributed by atoms with E-state index in [0.29, 0.717) is 13.2 Å². The van der Waals surface area contributed by atoms with Crippen LogP contribution in [0.3, 0.4) is 0 Å². The van der Waals surface area contributed by atoms with E-state index in [4.69, 9.17) is 10.00 Å². The van der Waals surface area contributed by atoms with Gasteiger partial charge in [0.05, 0.1) is 6.54 Å². The summed E-state index contributed by atoms with van der Waals surface area (Å²) in [5.41, 5.74) is 0.690. The lowest BCUT2D eigenvalue weighted by atomic mass is 10.2. The molecule has 0 unspecified atom stereocenters. The topological polar surface area (TPSA) is 55.0 Å². The molecule has 0 aliphatic carbocycles. The van der Waals surface area contributed by atoms with Crippen LogP contribution in [0, 0.1) is 18.3 Å². The number of nitrogens with zero attached hydrogens (tertiary/aromatic N) is 2. The third-order valence-corrected chi connectivity index (χ3v) is 3.39. The minimum atomic E-state index is -0.273. The number of rotatable bonds is 4. The number of halogens is 1. The van der Waals surface area contributed by atoms with Crippen molar-refractivity contribution in [3.05, 3.63) is 62.5 Å². The summed E-state index contributed by atoms with van der Waals surface area (Å²) >= 11 is 3.37. The Hall–Kier alpha value is -2.06. The Morgan fingerprint density at radius 3 is 2.85 bits per heavy atom. The summed E-state index contributed by atoms with van der Waals surface area (Å²) in [5, 5.41) is 8.87. The number of hydrogen-bond acceptors (Lipinski definition) is 3. The first-order chi connectivity index (χ1) is 9.61. The highest BCUT2D eigenvalue weighted by Gasteiger charge is 2.05. The van der Waals surface area contributed by atoms with Crippen molar-refractivity contribution in [2.75, 3.05) is 6.61 Å². The zero-order valence-corrected chi connectivity index (χ0v) is 12.6. The third-order valence-electron chi connectivity index (χ3n) is 2.89. The van der Waals surface area contributed by atoms with Crippen LogP contribution in [0.1, 0.15) is 11.3 Å². The van der Waals surface area contributed by atoms with Gasteiger partial charge in [0.2, 0.25) is 0 Å². The SMILES string of the molecule is Cc1ccc(C#N)c(=O)n1CCOc1cccc(Br)c1. The first kappa shape index (κ1) is 14.4. The molecule has 1 aromatic heterocycles. The molecule has 4 nitrogen and oxygen atoms in total. The largest absolute Gasteiger partial charge is 0.492 e. The third kappa shape index (κ3) is 3.28. The summed E-state index contributed by atoms with van der Waals surface area (Å²) < 4.78 is 8.09. The summed E-state index contributed by atoms with van der Waals surface area (Å²) in [6.45, 7) is 2.61. The molecule has 2 rings (SSSR count). The molecule has 1 heterocycles. The standard InChI is InChI=1S/C15H13BrN2O2/c1-11-5-6-12(10-17)15(19)18(11)7-8-20-14-4-2-3-13(16)9-14/h2-6,9H,7-8H2,1H3. The summed E-state index contributed by atoms with van der Waals surface area (Å²) in [6.07, 6.45) is 0. The smallest absolute Gasteiger partial charge is 0.268 e. The normalized spacial score (nSPS) is 10.1. The molecule has 0 aliphatic heterocycles. The first-order valence-electron chi connectivity index (χ1n) is 6.11. The lowest BCUT2D eigenvalue weighted by Crippen LogP contribution is -2.26. The molecule has 0 radical (unpaired) electrons. The van der Waals surface area contributed by atoms with E-state index < -0.39 is 0 Å². The second kappa shape index (κ2) is 6.40. The van der Waals surface area contributed by atoms with Gasteiger partial charge in [0, 0.05) is 10.2 Å². The van der Waals surface area contributed by atoms with Gasteiger partial charge in [-0.15, -0.1) is 0 Å². The van der Waals surface area contributed by atoms with Crippen LogP contribution in [0.25, 0.3) is 0 Å². The van der Waals surface area contributed by atoms with Crippen molar-refractivity contribution in [3.8, 4) is 11.8 Å². The van der Waals surface area contributed by atoms with Crippen molar-refractivity contribution in [2.45, 2.75) is 13.5 Å². The second-order valence-corrected chi connectivity index (χ2v) is 5.18. The lowest BCUT2D eigenvalue weighted by Gasteiger charge is -2.11. The lowest BCUT2D eigenvalue weighted by molar-refractivity contribution is 0.295. The number of benzene rings is 1. The molecule has 0 atom stereocenters. The van der Waals surface area contributed by atoms with Gasteiger partial charge in [-0.25, -0.2) is 0 Å². The van der Waals surface area contributed by atoms with Crippen molar-refractivity contribution in [1.29, 1.82) is 5.26 Å². The van der Waals surface area contributed by atoms with Crippen molar-refractivity contribution < 1.29 is 4.74 Å². The van der Waals surface area contributed by atoms with Gasteiger partial charge >= 0.3 is 0 Å². The van der Waals surface area contributed by atoms with E-state index in [1.807, 2.05) is 37.3 Å².